The standard InChI is InChI=1S/C21H26N2O2S/c24-26(25,21-11-10-19-4-3-5-20(19)14-21)22-15-17-6-8-18(9-7-17)16-23-12-1-2-13-23/h6-11,14,22H,1-5,12-13,15-16H2. The Bertz CT molecular complexity index is 869. The molecule has 5 heteroatoms. The third-order valence-corrected chi connectivity index (χ3v) is 6.87. The van der Waals surface area contributed by atoms with Crippen LogP contribution in [0.5, 0.6) is 0 Å². The van der Waals surface area contributed by atoms with Gasteiger partial charge >= 0.3 is 0 Å². The highest BCUT2D eigenvalue weighted by Crippen LogP contribution is 2.24. The molecule has 0 saturated carbocycles. The minimum Gasteiger partial charge on any atom is -0.299 e. The van der Waals surface area contributed by atoms with Crippen molar-refractivity contribution >= 4 is 10.0 Å². The molecule has 0 atom stereocenters. The Balaban J connectivity index is 1.38. The van der Waals surface area contributed by atoms with Gasteiger partial charge < -0.3 is 0 Å². The Labute approximate surface area is 156 Å². The van der Waals surface area contributed by atoms with E-state index in [0.717, 1.165) is 31.4 Å². The lowest BCUT2D eigenvalue weighted by Crippen LogP contribution is -2.23. The van der Waals surface area contributed by atoms with Crippen LogP contribution < -0.4 is 4.72 Å². The summed E-state index contributed by atoms with van der Waals surface area (Å²) in [7, 11) is -3.47. The van der Waals surface area contributed by atoms with E-state index in [1.165, 1.54) is 42.6 Å². The smallest absolute Gasteiger partial charge is 0.240 e. The molecule has 138 valence electrons. The first-order valence-electron chi connectivity index (χ1n) is 9.52. The molecule has 26 heavy (non-hydrogen) atoms. The number of hydrogen-bond donors (Lipinski definition) is 1. The van der Waals surface area contributed by atoms with Gasteiger partial charge in [0.1, 0.15) is 0 Å². The molecule has 2 aromatic rings. The average Bonchev–Trinajstić information content (AvgIpc) is 3.32. The molecule has 1 aliphatic heterocycles. The van der Waals surface area contributed by atoms with Crippen LogP contribution >= 0.6 is 0 Å². The summed E-state index contributed by atoms with van der Waals surface area (Å²) in [6.45, 7) is 3.68. The highest BCUT2D eigenvalue weighted by Gasteiger charge is 2.18. The summed E-state index contributed by atoms with van der Waals surface area (Å²) in [5.41, 5.74) is 4.74. The van der Waals surface area contributed by atoms with E-state index in [-0.39, 0.29) is 0 Å². The molecule has 2 aromatic carbocycles. The van der Waals surface area contributed by atoms with Crippen LogP contribution in [0.1, 0.15) is 41.5 Å². The Morgan fingerprint density at radius 3 is 2.31 bits per heavy atom. The lowest BCUT2D eigenvalue weighted by Gasteiger charge is -2.14. The van der Waals surface area contributed by atoms with Crippen molar-refractivity contribution < 1.29 is 8.42 Å². The summed E-state index contributed by atoms with van der Waals surface area (Å²) in [6, 6.07) is 13.8. The fraction of sp³-hybridized carbons (Fsp3) is 0.429. The second-order valence-corrected chi connectivity index (χ2v) is 9.18. The molecule has 0 radical (unpaired) electrons. The van der Waals surface area contributed by atoms with Gasteiger partial charge in [0.15, 0.2) is 0 Å². The molecule has 1 N–H and O–H groups in total. The van der Waals surface area contributed by atoms with Gasteiger partial charge in [-0.05, 0) is 79.6 Å². The van der Waals surface area contributed by atoms with Crippen molar-refractivity contribution in [1.82, 2.24) is 9.62 Å². The molecule has 0 unspecified atom stereocenters. The van der Waals surface area contributed by atoms with E-state index in [2.05, 4.69) is 21.8 Å². The molecule has 1 saturated heterocycles. The van der Waals surface area contributed by atoms with Crippen molar-refractivity contribution in [1.29, 1.82) is 0 Å². The number of fused-ring (bicyclic) bond motifs is 1. The SMILES string of the molecule is O=S(=O)(NCc1ccc(CN2CCCC2)cc1)c1ccc2c(c1)CCC2. The summed E-state index contributed by atoms with van der Waals surface area (Å²) < 4.78 is 27.9. The van der Waals surface area contributed by atoms with E-state index in [1.54, 1.807) is 6.07 Å². The maximum atomic E-state index is 12.6. The van der Waals surface area contributed by atoms with Gasteiger partial charge in [-0.2, -0.15) is 0 Å². The number of aryl methyl sites for hydroxylation is 2. The van der Waals surface area contributed by atoms with E-state index >= 15 is 0 Å². The molecule has 0 bridgehead atoms. The molecular formula is C21H26N2O2S. The quantitative estimate of drug-likeness (QED) is 0.849. The van der Waals surface area contributed by atoms with Gasteiger partial charge in [-0.3, -0.25) is 4.90 Å². The molecule has 0 amide bonds. The van der Waals surface area contributed by atoms with Crippen LogP contribution in [0, 0.1) is 0 Å². The van der Waals surface area contributed by atoms with Crippen LogP contribution in [-0.4, -0.2) is 26.4 Å². The number of benzene rings is 2. The topological polar surface area (TPSA) is 49.4 Å². The maximum absolute atomic E-state index is 12.6. The number of sulfonamides is 1. The van der Waals surface area contributed by atoms with Crippen molar-refractivity contribution in [2.24, 2.45) is 0 Å². The van der Waals surface area contributed by atoms with E-state index in [9.17, 15) is 8.42 Å². The molecule has 2 aliphatic rings. The van der Waals surface area contributed by atoms with E-state index < -0.39 is 10.0 Å². The van der Waals surface area contributed by atoms with E-state index in [4.69, 9.17) is 0 Å². The van der Waals surface area contributed by atoms with Gasteiger partial charge in [0.2, 0.25) is 10.0 Å². The largest absolute Gasteiger partial charge is 0.299 e. The number of nitrogens with one attached hydrogen (secondary N) is 1. The normalized spacial score (nSPS) is 17.5. The predicted molar refractivity (Wildman–Crippen MR) is 103 cm³/mol. The van der Waals surface area contributed by atoms with Crippen LogP contribution in [0.2, 0.25) is 0 Å². The molecule has 1 heterocycles. The van der Waals surface area contributed by atoms with Gasteiger partial charge in [0.25, 0.3) is 0 Å². The number of hydrogen-bond acceptors (Lipinski definition) is 3. The maximum Gasteiger partial charge on any atom is 0.240 e. The summed E-state index contributed by atoms with van der Waals surface area (Å²) in [6.07, 6.45) is 5.76. The molecule has 1 fully saturated rings. The first kappa shape index (κ1) is 17.7. The Hall–Kier alpha value is -1.69. The Morgan fingerprint density at radius 2 is 1.54 bits per heavy atom. The van der Waals surface area contributed by atoms with E-state index in [0.29, 0.717) is 11.4 Å². The fourth-order valence-corrected chi connectivity index (χ4v) is 5.01. The zero-order valence-electron chi connectivity index (χ0n) is 15.1. The van der Waals surface area contributed by atoms with Gasteiger partial charge in [-0.25, -0.2) is 13.1 Å². The summed E-state index contributed by atoms with van der Waals surface area (Å²) >= 11 is 0. The first-order valence-corrected chi connectivity index (χ1v) is 11.0. The summed E-state index contributed by atoms with van der Waals surface area (Å²) in [5, 5.41) is 0. The van der Waals surface area contributed by atoms with Gasteiger partial charge in [0, 0.05) is 13.1 Å². The molecular weight excluding hydrogens is 344 g/mol. The summed E-state index contributed by atoms with van der Waals surface area (Å²) in [5.74, 6) is 0. The number of rotatable bonds is 6. The minimum absolute atomic E-state index is 0.323. The molecule has 1 aliphatic carbocycles. The third kappa shape index (κ3) is 4.00. The third-order valence-electron chi connectivity index (χ3n) is 5.47. The van der Waals surface area contributed by atoms with Gasteiger partial charge in [0.05, 0.1) is 4.90 Å². The van der Waals surface area contributed by atoms with Crippen LogP contribution in [0.4, 0.5) is 0 Å². The zero-order chi connectivity index (χ0) is 18.0. The van der Waals surface area contributed by atoms with Crippen LogP contribution in [0.15, 0.2) is 47.4 Å². The van der Waals surface area contributed by atoms with Crippen LogP contribution in [-0.2, 0) is 36.0 Å². The molecule has 0 spiro atoms. The van der Waals surface area contributed by atoms with Crippen molar-refractivity contribution in [3.8, 4) is 0 Å². The number of nitrogens with zero attached hydrogens (tertiary/aromatic N) is 1. The second-order valence-electron chi connectivity index (χ2n) is 7.41. The number of likely N-dealkylation sites (tertiary alicyclic amines) is 1. The van der Waals surface area contributed by atoms with Crippen molar-refractivity contribution in [3.05, 3.63) is 64.7 Å². The average molecular weight is 371 g/mol. The molecule has 4 nitrogen and oxygen atoms in total. The molecule has 0 aromatic heterocycles. The predicted octanol–water partition coefficient (Wildman–Crippen LogP) is 3.25. The Morgan fingerprint density at radius 1 is 0.846 bits per heavy atom. The van der Waals surface area contributed by atoms with Gasteiger partial charge in [-0.1, -0.05) is 30.3 Å². The highest BCUT2D eigenvalue weighted by atomic mass is 32.2. The molecule has 4 rings (SSSR count). The van der Waals surface area contributed by atoms with E-state index in [1.807, 2.05) is 24.3 Å². The van der Waals surface area contributed by atoms with Crippen molar-refractivity contribution in [3.63, 3.8) is 0 Å². The monoisotopic (exact) mass is 370 g/mol. The van der Waals surface area contributed by atoms with Gasteiger partial charge in [-0.15, -0.1) is 0 Å². The Kier molecular flexibility index (Phi) is 5.11. The minimum atomic E-state index is -3.47. The van der Waals surface area contributed by atoms with Crippen LogP contribution in [0.25, 0.3) is 0 Å². The van der Waals surface area contributed by atoms with Crippen LogP contribution in [0.3, 0.4) is 0 Å². The lowest BCUT2D eigenvalue weighted by molar-refractivity contribution is 0.331. The lowest BCUT2D eigenvalue weighted by atomic mass is 10.1. The second kappa shape index (κ2) is 7.51. The van der Waals surface area contributed by atoms with Crippen molar-refractivity contribution in [2.45, 2.75) is 50.1 Å². The highest BCUT2D eigenvalue weighted by molar-refractivity contribution is 7.89. The van der Waals surface area contributed by atoms with Crippen molar-refractivity contribution in [2.75, 3.05) is 13.1 Å². The zero-order valence-corrected chi connectivity index (χ0v) is 15.9. The summed E-state index contributed by atoms with van der Waals surface area (Å²) in [4.78, 5) is 2.84. The first-order chi connectivity index (χ1) is 12.6. The fourth-order valence-electron chi connectivity index (χ4n) is 3.94.